The lowest BCUT2D eigenvalue weighted by atomic mass is 10.1. The largest absolute Gasteiger partial charge is 0.357 e. The molecule has 5 heteroatoms. The molecule has 0 radical (unpaired) electrons. The van der Waals surface area contributed by atoms with Gasteiger partial charge in [0.25, 0.3) is 0 Å². The van der Waals surface area contributed by atoms with E-state index in [-0.39, 0.29) is 0 Å². The minimum absolute atomic E-state index is 0.417. The average Bonchev–Trinajstić information content (AvgIpc) is 2.75. The highest BCUT2D eigenvalue weighted by molar-refractivity contribution is 7.11. The van der Waals surface area contributed by atoms with Crippen LogP contribution in [0, 0.1) is 12.8 Å². The Balaban J connectivity index is 2.48. The number of nitrogens with zero attached hydrogens (tertiary/aromatic N) is 2. The molecule has 0 amide bonds. The van der Waals surface area contributed by atoms with Crippen molar-refractivity contribution < 1.29 is 0 Å². The van der Waals surface area contributed by atoms with E-state index < -0.39 is 0 Å². The second-order valence-corrected chi connectivity index (χ2v) is 6.37. The highest BCUT2D eigenvalue weighted by atomic mass is 32.1. The van der Waals surface area contributed by atoms with Gasteiger partial charge in [0.2, 0.25) is 0 Å². The van der Waals surface area contributed by atoms with Crippen molar-refractivity contribution in [1.82, 2.24) is 15.6 Å². The molecule has 19 heavy (non-hydrogen) atoms. The Morgan fingerprint density at radius 1 is 1.42 bits per heavy atom. The maximum absolute atomic E-state index is 4.60. The van der Waals surface area contributed by atoms with Gasteiger partial charge in [0.15, 0.2) is 5.96 Å². The molecular formula is C14H26N4S. The van der Waals surface area contributed by atoms with Crippen molar-refractivity contribution >= 4 is 17.3 Å². The third kappa shape index (κ3) is 6.05. The molecule has 1 heterocycles. The molecule has 0 saturated heterocycles. The van der Waals surface area contributed by atoms with Gasteiger partial charge in [-0.1, -0.05) is 13.8 Å². The first kappa shape index (κ1) is 16.0. The second kappa shape index (κ2) is 8.15. The van der Waals surface area contributed by atoms with Crippen LogP contribution < -0.4 is 10.6 Å². The van der Waals surface area contributed by atoms with Gasteiger partial charge in [-0.2, -0.15) is 0 Å². The monoisotopic (exact) mass is 282 g/mol. The second-order valence-electron chi connectivity index (χ2n) is 5.05. The summed E-state index contributed by atoms with van der Waals surface area (Å²) in [5.74, 6) is 1.49. The summed E-state index contributed by atoms with van der Waals surface area (Å²) in [6.45, 7) is 12.4. The number of aryl methyl sites for hydroxylation is 1. The first-order valence-electron chi connectivity index (χ1n) is 6.99. The van der Waals surface area contributed by atoms with E-state index in [0.29, 0.717) is 12.0 Å². The highest BCUT2D eigenvalue weighted by Crippen LogP contribution is 2.11. The van der Waals surface area contributed by atoms with Crippen LogP contribution in [0.5, 0.6) is 0 Å². The zero-order chi connectivity index (χ0) is 14.3. The van der Waals surface area contributed by atoms with E-state index in [2.05, 4.69) is 55.2 Å². The molecule has 0 aliphatic rings. The van der Waals surface area contributed by atoms with Gasteiger partial charge in [0.05, 0.1) is 5.01 Å². The Morgan fingerprint density at radius 3 is 2.68 bits per heavy atom. The van der Waals surface area contributed by atoms with E-state index in [9.17, 15) is 0 Å². The fourth-order valence-electron chi connectivity index (χ4n) is 1.48. The lowest BCUT2D eigenvalue weighted by molar-refractivity contribution is 0.481. The Hall–Kier alpha value is -1.10. The summed E-state index contributed by atoms with van der Waals surface area (Å²) in [5, 5.41) is 7.87. The number of aromatic nitrogens is 1. The summed E-state index contributed by atoms with van der Waals surface area (Å²) >= 11 is 1.75. The molecule has 1 atom stereocenters. The van der Waals surface area contributed by atoms with Gasteiger partial charge in [0.1, 0.15) is 0 Å². The number of nitrogens with one attached hydrogen (secondary N) is 2. The summed E-state index contributed by atoms with van der Waals surface area (Å²) in [4.78, 5) is 10.2. The van der Waals surface area contributed by atoms with Crippen LogP contribution in [0.4, 0.5) is 0 Å². The molecule has 108 valence electrons. The van der Waals surface area contributed by atoms with Gasteiger partial charge in [0, 0.05) is 36.6 Å². The average molecular weight is 282 g/mol. The van der Waals surface area contributed by atoms with Gasteiger partial charge in [-0.15, -0.1) is 11.3 Å². The molecule has 2 N–H and O–H groups in total. The van der Waals surface area contributed by atoms with Gasteiger partial charge in [-0.05, 0) is 26.7 Å². The first-order valence-corrected chi connectivity index (χ1v) is 7.80. The zero-order valence-electron chi connectivity index (χ0n) is 12.7. The highest BCUT2D eigenvalue weighted by Gasteiger charge is 2.08. The molecule has 0 aliphatic heterocycles. The maximum atomic E-state index is 4.60. The molecular weight excluding hydrogens is 256 g/mol. The van der Waals surface area contributed by atoms with E-state index in [0.717, 1.165) is 30.5 Å². The molecule has 0 fully saturated rings. The first-order chi connectivity index (χ1) is 9.02. The molecule has 0 spiro atoms. The minimum Gasteiger partial charge on any atom is -0.357 e. The van der Waals surface area contributed by atoms with E-state index in [4.69, 9.17) is 0 Å². The maximum Gasteiger partial charge on any atom is 0.191 e. The summed E-state index contributed by atoms with van der Waals surface area (Å²) in [7, 11) is 0. The molecule has 1 aromatic heterocycles. The van der Waals surface area contributed by atoms with Crippen molar-refractivity contribution in [2.24, 2.45) is 10.9 Å². The summed E-state index contributed by atoms with van der Waals surface area (Å²) < 4.78 is 0. The molecule has 1 aromatic rings. The molecule has 4 nitrogen and oxygen atoms in total. The smallest absolute Gasteiger partial charge is 0.191 e. The van der Waals surface area contributed by atoms with Crippen molar-refractivity contribution in [3.05, 3.63) is 16.1 Å². The van der Waals surface area contributed by atoms with Crippen molar-refractivity contribution in [2.75, 3.05) is 13.1 Å². The van der Waals surface area contributed by atoms with Crippen LogP contribution in [0.1, 0.15) is 37.6 Å². The Bertz CT molecular complexity index is 398. The molecule has 0 saturated carbocycles. The molecule has 0 aromatic carbocycles. The third-order valence-corrected chi connectivity index (χ3v) is 3.95. The predicted octanol–water partition coefficient (Wildman–Crippen LogP) is 2.59. The van der Waals surface area contributed by atoms with Crippen molar-refractivity contribution in [1.29, 1.82) is 0 Å². The number of hydrogen-bond acceptors (Lipinski definition) is 3. The van der Waals surface area contributed by atoms with Crippen LogP contribution in [0.15, 0.2) is 11.2 Å². The van der Waals surface area contributed by atoms with Crippen LogP contribution >= 0.6 is 11.3 Å². The fourth-order valence-corrected chi connectivity index (χ4v) is 2.26. The lowest BCUT2D eigenvalue weighted by Crippen LogP contribution is -2.44. The Kier molecular flexibility index (Phi) is 6.84. The quantitative estimate of drug-likeness (QED) is 0.623. The number of thiazole rings is 1. The summed E-state index contributed by atoms with van der Waals surface area (Å²) in [5.41, 5.74) is 0. The van der Waals surface area contributed by atoms with E-state index in [1.165, 1.54) is 4.88 Å². The SMILES string of the molecule is CCNC(=NCCc1ncc(C)s1)NC(C)C(C)C. The standard InChI is InChI=1S/C14H26N4S/c1-6-15-14(18-12(5)10(2)3)16-8-7-13-17-9-11(4)19-13/h9-10,12H,6-8H2,1-5H3,(H2,15,16,18). The van der Waals surface area contributed by atoms with Crippen molar-refractivity contribution in [3.63, 3.8) is 0 Å². The van der Waals surface area contributed by atoms with Gasteiger partial charge in [-0.3, -0.25) is 4.99 Å². The zero-order valence-corrected chi connectivity index (χ0v) is 13.5. The topological polar surface area (TPSA) is 49.3 Å². The number of hydrogen-bond donors (Lipinski definition) is 2. The van der Waals surface area contributed by atoms with Crippen LogP contribution in [0.3, 0.4) is 0 Å². The minimum atomic E-state index is 0.417. The van der Waals surface area contributed by atoms with Crippen molar-refractivity contribution in [2.45, 2.75) is 47.1 Å². The van der Waals surface area contributed by atoms with Gasteiger partial charge >= 0.3 is 0 Å². The molecule has 0 bridgehead atoms. The fraction of sp³-hybridized carbons (Fsp3) is 0.714. The van der Waals surface area contributed by atoms with Crippen LogP contribution in [0.25, 0.3) is 0 Å². The lowest BCUT2D eigenvalue weighted by Gasteiger charge is -2.20. The normalized spacial score (nSPS) is 13.7. The van der Waals surface area contributed by atoms with Gasteiger partial charge in [-0.25, -0.2) is 4.98 Å². The van der Waals surface area contributed by atoms with Crippen LogP contribution in [-0.2, 0) is 6.42 Å². The summed E-state index contributed by atoms with van der Waals surface area (Å²) in [6.07, 6.45) is 2.83. The number of aliphatic imine (C=N–C) groups is 1. The third-order valence-electron chi connectivity index (χ3n) is 2.97. The number of rotatable bonds is 6. The van der Waals surface area contributed by atoms with Crippen LogP contribution in [0.2, 0.25) is 0 Å². The molecule has 0 aliphatic carbocycles. The van der Waals surface area contributed by atoms with Gasteiger partial charge < -0.3 is 10.6 Å². The van der Waals surface area contributed by atoms with Crippen LogP contribution in [-0.4, -0.2) is 30.1 Å². The van der Waals surface area contributed by atoms with E-state index >= 15 is 0 Å². The molecule has 1 unspecified atom stereocenters. The summed E-state index contributed by atoms with van der Waals surface area (Å²) in [6, 6.07) is 0.417. The molecule has 1 rings (SSSR count). The predicted molar refractivity (Wildman–Crippen MR) is 84.0 cm³/mol. The van der Waals surface area contributed by atoms with E-state index in [1.54, 1.807) is 11.3 Å². The van der Waals surface area contributed by atoms with Crippen molar-refractivity contribution in [3.8, 4) is 0 Å². The van der Waals surface area contributed by atoms with E-state index in [1.807, 2.05) is 6.20 Å². The Morgan fingerprint density at radius 2 is 2.16 bits per heavy atom. The number of guanidine groups is 1. The Labute approximate surface area is 120 Å².